The van der Waals surface area contributed by atoms with Crippen LogP contribution < -0.4 is 10.1 Å². The molecule has 0 aliphatic heterocycles. The molecule has 0 aliphatic rings. The van der Waals surface area contributed by atoms with E-state index >= 15 is 0 Å². The van der Waals surface area contributed by atoms with Crippen molar-refractivity contribution in [2.24, 2.45) is 0 Å². The molecule has 19 heavy (non-hydrogen) atoms. The first-order valence-electron chi connectivity index (χ1n) is 6.11. The molecule has 1 aromatic rings. The summed E-state index contributed by atoms with van der Waals surface area (Å²) in [4.78, 5) is 11.7. The van der Waals surface area contributed by atoms with E-state index in [2.05, 4.69) is 5.32 Å². The van der Waals surface area contributed by atoms with Gasteiger partial charge in [0.15, 0.2) is 11.6 Å². The second-order valence-corrected chi connectivity index (χ2v) is 4.64. The molecule has 0 heterocycles. The minimum atomic E-state index is -0.862. The number of methoxy groups -OCH3 is 1. The third-order valence-corrected chi connectivity index (χ3v) is 3.05. The Hall–Kier alpha value is -1.62. The van der Waals surface area contributed by atoms with E-state index in [0.717, 1.165) is 0 Å². The molecule has 0 amide bonds. The maximum atomic E-state index is 13.5. The quantitative estimate of drug-likeness (QED) is 0.804. The van der Waals surface area contributed by atoms with E-state index in [9.17, 15) is 9.18 Å². The molecule has 0 spiro atoms. The maximum absolute atomic E-state index is 13.5. The highest BCUT2D eigenvalue weighted by Crippen LogP contribution is 2.21. The van der Waals surface area contributed by atoms with Gasteiger partial charge in [-0.2, -0.15) is 0 Å². The number of para-hydroxylation sites is 1. The lowest BCUT2D eigenvalue weighted by atomic mass is 9.95. The van der Waals surface area contributed by atoms with Gasteiger partial charge in [0.1, 0.15) is 5.54 Å². The fourth-order valence-corrected chi connectivity index (χ4v) is 1.89. The number of ether oxygens (including phenoxy) is 2. The van der Waals surface area contributed by atoms with Crippen LogP contribution in [0.2, 0.25) is 0 Å². The van der Waals surface area contributed by atoms with Crippen molar-refractivity contribution in [2.45, 2.75) is 31.9 Å². The molecule has 0 radical (unpaired) electrons. The van der Waals surface area contributed by atoms with E-state index in [0.29, 0.717) is 6.42 Å². The van der Waals surface area contributed by atoms with Gasteiger partial charge < -0.3 is 14.8 Å². The first kappa shape index (κ1) is 15.4. The minimum absolute atomic E-state index is 0.179. The fraction of sp³-hybridized carbons (Fsp3) is 0.500. The predicted molar refractivity (Wildman–Crippen MR) is 70.6 cm³/mol. The van der Waals surface area contributed by atoms with Gasteiger partial charge in [-0.25, -0.2) is 4.39 Å². The molecule has 1 N–H and O–H groups in total. The number of nitrogens with one attached hydrogen (secondary N) is 1. The lowest BCUT2D eigenvalue weighted by molar-refractivity contribution is -0.148. The standard InChI is InChI=1S/C14H20FNO3/c1-10(9-14(2,16-3)13(17)18-4)19-12-8-6-5-7-11(12)15/h5-8,10,16H,9H2,1-4H3. The van der Waals surface area contributed by atoms with Crippen LogP contribution >= 0.6 is 0 Å². The van der Waals surface area contributed by atoms with Crippen molar-refractivity contribution in [3.63, 3.8) is 0 Å². The Balaban J connectivity index is 2.71. The Morgan fingerprint density at radius 1 is 1.47 bits per heavy atom. The lowest BCUT2D eigenvalue weighted by Crippen LogP contribution is -2.50. The van der Waals surface area contributed by atoms with Crippen LogP contribution in [-0.4, -0.2) is 31.8 Å². The van der Waals surface area contributed by atoms with Gasteiger partial charge in [0.25, 0.3) is 0 Å². The second kappa shape index (κ2) is 6.52. The molecule has 2 atom stereocenters. The van der Waals surface area contributed by atoms with Crippen LogP contribution in [0.25, 0.3) is 0 Å². The monoisotopic (exact) mass is 269 g/mol. The molecule has 0 saturated heterocycles. The summed E-state index contributed by atoms with van der Waals surface area (Å²) in [5, 5.41) is 2.91. The SMILES string of the molecule is CNC(C)(CC(C)Oc1ccccc1F)C(=O)OC. The molecule has 0 fully saturated rings. The van der Waals surface area contributed by atoms with Gasteiger partial charge in [-0.1, -0.05) is 12.1 Å². The average Bonchev–Trinajstić information content (AvgIpc) is 2.40. The first-order chi connectivity index (χ1) is 8.92. The highest BCUT2D eigenvalue weighted by Gasteiger charge is 2.35. The molecule has 1 rings (SSSR count). The van der Waals surface area contributed by atoms with Gasteiger partial charge in [0, 0.05) is 6.42 Å². The summed E-state index contributed by atoms with van der Waals surface area (Å²) in [6.07, 6.45) is 0.0262. The van der Waals surface area contributed by atoms with Gasteiger partial charge in [-0.3, -0.25) is 4.79 Å². The van der Waals surface area contributed by atoms with Crippen molar-refractivity contribution < 1.29 is 18.7 Å². The van der Waals surface area contributed by atoms with Gasteiger partial charge in [-0.15, -0.1) is 0 Å². The zero-order valence-corrected chi connectivity index (χ0v) is 11.7. The minimum Gasteiger partial charge on any atom is -0.488 e. The smallest absolute Gasteiger partial charge is 0.325 e. The molecule has 1 aromatic carbocycles. The van der Waals surface area contributed by atoms with Crippen molar-refractivity contribution >= 4 is 5.97 Å². The van der Waals surface area contributed by atoms with E-state index in [4.69, 9.17) is 9.47 Å². The molecule has 4 nitrogen and oxygen atoms in total. The molecule has 106 valence electrons. The van der Waals surface area contributed by atoms with E-state index < -0.39 is 11.4 Å². The van der Waals surface area contributed by atoms with Crippen LogP contribution in [-0.2, 0) is 9.53 Å². The van der Waals surface area contributed by atoms with E-state index in [1.54, 1.807) is 39.1 Å². The number of likely N-dealkylation sites (N-methyl/N-ethyl adjacent to an activating group) is 1. The number of hydrogen-bond acceptors (Lipinski definition) is 4. The number of esters is 1. The number of carbonyl (C=O) groups excluding carboxylic acids is 1. The third kappa shape index (κ3) is 3.92. The normalized spacial score (nSPS) is 15.4. The zero-order chi connectivity index (χ0) is 14.5. The van der Waals surface area contributed by atoms with Crippen LogP contribution in [0.15, 0.2) is 24.3 Å². The topological polar surface area (TPSA) is 47.6 Å². The molecule has 5 heteroatoms. The van der Waals surface area contributed by atoms with Gasteiger partial charge in [0.2, 0.25) is 0 Å². The summed E-state index contributed by atoms with van der Waals surface area (Å²) < 4.78 is 23.7. The van der Waals surface area contributed by atoms with E-state index in [1.807, 2.05) is 0 Å². The molecule has 2 unspecified atom stereocenters. The zero-order valence-electron chi connectivity index (χ0n) is 11.7. The van der Waals surface area contributed by atoms with Crippen LogP contribution in [0.1, 0.15) is 20.3 Å². The Labute approximate surface area is 112 Å². The lowest BCUT2D eigenvalue weighted by Gasteiger charge is -2.29. The molecule has 0 bridgehead atoms. The van der Waals surface area contributed by atoms with Crippen molar-refractivity contribution in [1.82, 2.24) is 5.32 Å². The fourth-order valence-electron chi connectivity index (χ4n) is 1.89. The third-order valence-electron chi connectivity index (χ3n) is 3.05. The first-order valence-corrected chi connectivity index (χ1v) is 6.11. The van der Waals surface area contributed by atoms with Crippen LogP contribution in [0.5, 0.6) is 5.75 Å². The van der Waals surface area contributed by atoms with Crippen LogP contribution in [0.4, 0.5) is 4.39 Å². The predicted octanol–water partition coefficient (Wildman–Crippen LogP) is 2.13. The molecule has 0 saturated carbocycles. The largest absolute Gasteiger partial charge is 0.488 e. The van der Waals surface area contributed by atoms with Gasteiger partial charge >= 0.3 is 5.97 Å². The summed E-state index contributed by atoms with van der Waals surface area (Å²) in [6, 6.07) is 6.18. The summed E-state index contributed by atoms with van der Waals surface area (Å²) in [5.41, 5.74) is -0.862. The van der Waals surface area contributed by atoms with Crippen molar-refractivity contribution in [1.29, 1.82) is 0 Å². The number of hydrogen-bond donors (Lipinski definition) is 1. The molecule has 0 aliphatic carbocycles. The van der Waals surface area contributed by atoms with Crippen molar-refractivity contribution in [2.75, 3.05) is 14.2 Å². The summed E-state index contributed by atoms with van der Waals surface area (Å²) in [6.45, 7) is 3.50. The molecular formula is C14H20FNO3. The Bertz CT molecular complexity index is 438. The Morgan fingerprint density at radius 2 is 2.11 bits per heavy atom. The number of rotatable bonds is 6. The summed E-state index contributed by atoms with van der Waals surface area (Å²) in [5.74, 6) is -0.615. The Morgan fingerprint density at radius 3 is 2.63 bits per heavy atom. The highest BCUT2D eigenvalue weighted by molar-refractivity contribution is 5.80. The van der Waals surface area contributed by atoms with Gasteiger partial charge in [0.05, 0.1) is 13.2 Å². The van der Waals surface area contributed by atoms with Crippen LogP contribution in [0.3, 0.4) is 0 Å². The Kier molecular flexibility index (Phi) is 5.30. The van der Waals surface area contributed by atoms with Crippen molar-refractivity contribution in [3.05, 3.63) is 30.1 Å². The van der Waals surface area contributed by atoms with Gasteiger partial charge in [-0.05, 0) is 33.0 Å². The molecule has 0 aromatic heterocycles. The van der Waals surface area contributed by atoms with Crippen LogP contribution in [0, 0.1) is 5.82 Å². The maximum Gasteiger partial charge on any atom is 0.325 e. The number of halogens is 1. The van der Waals surface area contributed by atoms with E-state index in [1.165, 1.54) is 13.2 Å². The second-order valence-electron chi connectivity index (χ2n) is 4.64. The highest BCUT2D eigenvalue weighted by atomic mass is 19.1. The number of benzene rings is 1. The summed E-state index contributed by atoms with van der Waals surface area (Å²) in [7, 11) is 3.01. The summed E-state index contributed by atoms with van der Waals surface area (Å²) >= 11 is 0. The average molecular weight is 269 g/mol. The molecular weight excluding hydrogens is 249 g/mol. The van der Waals surface area contributed by atoms with E-state index in [-0.39, 0.29) is 17.8 Å². The van der Waals surface area contributed by atoms with Crippen molar-refractivity contribution in [3.8, 4) is 5.75 Å². The number of carbonyl (C=O) groups is 1.